The van der Waals surface area contributed by atoms with Crippen LogP contribution in [0, 0.1) is 0 Å². The molecule has 0 spiro atoms. The van der Waals surface area contributed by atoms with Gasteiger partial charge in [0.05, 0.1) is 0 Å². The first-order valence-corrected chi connectivity index (χ1v) is 4.93. The van der Waals surface area contributed by atoms with Crippen LogP contribution in [0.15, 0.2) is 0 Å². The second-order valence-corrected chi connectivity index (χ2v) is 4.97. The van der Waals surface area contributed by atoms with Crippen LogP contribution >= 0.6 is 0 Å². The average Bonchev–Trinajstić information content (AvgIpc) is 1.91. The Morgan fingerprint density at radius 2 is 1.75 bits per heavy atom. The van der Waals surface area contributed by atoms with Gasteiger partial charge in [-0.3, -0.25) is 0 Å². The third-order valence-corrected chi connectivity index (χ3v) is 2.36. The van der Waals surface area contributed by atoms with Crippen molar-refractivity contribution >= 4 is 0 Å². The van der Waals surface area contributed by atoms with Gasteiger partial charge in [0.25, 0.3) is 0 Å². The highest BCUT2D eigenvalue weighted by Crippen LogP contribution is 2.12. The lowest BCUT2D eigenvalue weighted by molar-refractivity contribution is 0.210. The van der Waals surface area contributed by atoms with Crippen LogP contribution in [-0.2, 0) is 0 Å². The Labute approximate surface area is 77.8 Å². The fourth-order valence-electron chi connectivity index (χ4n) is 1.77. The normalized spacial score (nSPS) is 23.0. The Hall–Kier alpha value is -0.0800. The monoisotopic (exact) mass is 172 g/mol. The number of nitrogens with zero attached hydrogens (tertiary/aromatic N) is 1. The number of piperidine rings is 1. The SMILES string of the molecule is CN1CCC(NC(C)(C)C)CC1.[HH]. The molecule has 0 saturated carbocycles. The van der Waals surface area contributed by atoms with E-state index in [1.165, 1.54) is 25.9 Å². The average molecular weight is 172 g/mol. The van der Waals surface area contributed by atoms with Crippen molar-refractivity contribution in [3.8, 4) is 0 Å². The van der Waals surface area contributed by atoms with Gasteiger partial charge < -0.3 is 10.2 Å². The Morgan fingerprint density at radius 1 is 1.25 bits per heavy atom. The summed E-state index contributed by atoms with van der Waals surface area (Å²) in [6, 6.07) is 0.737. The number of rotatable bonds is 1. The summed E-state index contributed by atoms with van der Waals surface area (Å²) in [5.41, 5.74) is 0.278. The van der Waals surface area contributed by atoms with E-state index in [1.807, 2.05) is 0 Å². The van der Waals surface area contributed by atoms with Crippen molar-refractivity contribution in [2.75, 3.05) is 20.1 Å². The van der Waals surface area contributed by atoms with Crippen molar-refractivity contribution < 1.29 is 1.43 Å². The molecule has 1 rings (SSSR count). The van der Waals surface area contributed by atoms with Crippen LogP contribution < -0.4 is 5.32 Å². The van der Waals surface area contributed by atoms with Gasteiger partial charge in [0.1, 0.15) is 0 Å². The van der Waals surface area contributed by atoms with Crippen LogP contribution in [0.3, 0.4) is 0 Å². The molecule has 0 aromatic heterocycles. The molecule has 12 heavy (non-hydrogen) atoms. The predicted octanol–water partition coefficient (Wildman–Crippen LogP) is 1.71. The summed E-state index contributed by atoms with van der Waals surface area (Å²) in [7, 11) is 2.20. The number of likely N-dealkylation sites (tertiary alicyclic amines) is 1. The summed E-state index contributed by atoms with van der Waals surface area (Å²) < 4.78 is 0. The second-order valence-electron chi connectivity index (χ2n) is 4.97. The van der Waals surface area contributed by atoms with Crippen LogP contribution in [0.5, 0.6) is 0 Å². The minimum absolute atomic E-state index is 0. The highest BCUT2D eigenvalue weighted by molar-refractivity contribution is 4.81. The van der Waals surface area contributed by atoms with E-state index in [0.29, 0.717) is 0 Å². The molecule has 0 radical (unpaired) electrons. The van der Waals surface area contributed by atoms with Crippen LogP contribution in [0.25, 0.3) is 0 Å². The van der Waals surface area contributed by atoms with Crippen LogP contribution in [0.1, 0.15) is 35.0 Å². The van der Waals surface area contributed by atoms with E-state index in [1.54, 1.807) is 0 Å². The van der Waals surface area contributed by atoms with Gasteiger partial charge in [-0.25, -0.2) is 0 Å². The Morgan fingerprint density at radius 3 is 2.17 bits per heavy atom. The van der Waals surface area contributed by atoms with Crippen LogP contribution in [0.4, 0.5) is 0 Å². The molecule has 0 unspecified atom stereocenters. The highest BCUT2D eigenvalue weighted by atomic mass is 15.1. The summed E-state index contributed by atoms with van der Waals surface area (Å²) >= 11 is 0. The molecule has 1 heterocycles. The van der Waals surface area contributed by atoms with Gasteiger partial charge in [0.2, 0.25) is 0 Å². The maximum atomic E-state index is 3.65. The lowest BCUT2D eigenvalue weighted by Gasteiger charge is -2.34. The van der Waals surface area contributed by atoms with Crippen molar-refractivity contribution in [3.63, 3.8) is 0 Å². The van der Waals surface area contributed by atoms with Crippen molar-refractivity contribution in [3.05, 3.63) is 0 Å². The van der Waals surface area contributed by atoms with Gasteiger partial charge in [-0.15, -0.1) is 0 Å². The minimum Gasteiger partial charge on any atom is -0.309 e. The van der Waals surface area contributed by atoms with E-state index in [4.69, 9.17) is 0 Å². The first-order valence-electron chi connectivity index (χ1n) is 4.93. The Balaban J connectivity index is 0.00000144. The van der Waals surface area contributed by atoms with E-state index in [2.05, 4.69) is 38.0 Å². The largest absolute Gasteiger partial charge is 0.309 e. The molecule has 2 heteroatoms. The van der Waals surface area contributed by atoms with E-state index in [0.717, 1.165) is 6.04 Å². The molecule has 0 atom stereocenters. The summed E-state index contributed by atoms with van der Waals surface area (Å²) in [5.74, 6) is 0. The molecule has 1 aliphatic heterocycles. The topological polar surface area (TPSA) is 15.3 Å². The third kappa shape index (κ3) is 3.55. The zero-order chi connectivity index (χ0) is 9.19. The standard InChI is InChI=1S/C10H22N2.H2/c1-10(2,3)11-9-5-7-12(4)8-6-9;/h9,11H,5-8H2,1-4H3;1H. The molecule has 2 nitrogen and oxygen atoms in total. The van der Waals surface area contributed by atoms with Crippen molar-refractivity contribution in [1.82, 2.24) is 10.2 Å². The zero-order valence-electron chi connectivity index (χ0n) is 8.85. The number of nitrogens with one attached hydrogen (secondary N) is 1. The molecule has 0 bridgehead atoms. The van der Waals surface area contributed by atoms with E-state index in [-0.39, 0.29) is 6.97 Å². The van der Waals surface area contributed by atoms with E-state index >= 15 is 0 Å². The van der Waals surface area contributed by atoms with E-state index < -0.39 is 0 Å². The molecule has 1 N–H and O–H groups in total. The first kappa shape index (κ1) is 10.0. The summed E-state index contributed by atoms with van der Waals surface area (Å²) in [6.07, 6.45) is 2.60. The third-order valence-electron chi connectivity index (χ3n) is 2.36. The van der Waals surface area contributed by atoms with Gasteiger partial charge in [-0.2, -0.15) is 0 Å². The molecule has 0 aromatic rings. The zero-order valence-corrected chi connectivity index (χ0v) is 8.85. The highest BCUT2D eigenvalue weighted by Gasteiger charge is 2.20. The minimum atomic E-state index is 0. The summed E-state index contributed by atoms with van der Waals surface area (Å²) in [5, 5.41) is 3.65. The Bertz CT molecular complexity index is 134. The van der Waals surface area contributed by atoms with Crippen LogP contribution in [0.2, 0.25) is 0 Å². The molecule has 1 fully saturated rings. The maximum absolute atomic E-state index is 3.65. The molecule has 1 saturated heterocycles. The first-order chi connectivity index (χ1) is 5.47. The Kier molecular flexibility index (Phi) is 3.13. The van der Waals surface area contributed by atoms with Crippen molar-refractivity contribution in [1.29, 1.82) is 0 Å². The predicted molar refractivity (Wildman–Crippen MR) is 55.5 cm³/mol. The fourth-order valence-corrected chi connectivity index (χ4v) is 1.77. The number of hydrogen-bond acceptors (Lipinski definition) is 2. The molecular weight excluding hydrogens is 148 g/mol. The van der Waals surface area contributed by atoms with Crippen molar-refractivity contribution in [2.24, 2.45) is 0 Å². The smallest absolute Gasteiger partial charge is 0.00991 e. The molecule has 0 amide bonds. The fraction of sp³-hybridized carbons (Fsp3) is 1.00. The number of hydrogen-bond donors (Lipinski definition) is 1. The molecule has 0 aromatic carbocycles. The summed E-state index contributed by atoms with van der Waals surface area (Å²) in [6.45, 7) is 9.21. The van der Waals surface area contributed by atoms with Gasteiger partial charge >= 0.3 is 0 Å². The van der Waals surface area contributed by atoms with Gasteiger partial charge in [-0.05, 0) is 53.8 Å². The van der Waals surface area contributed by atoms with E-state index in [9.17, 15) is 0 Å². The second kappa shape index (κ2) is 3.75. The molecular formula is C10H24N2. The molecule has 74 valence electrons. The lowest BCUT2D eigenvalue weighted by atomic mass is 10.0. The van der Waals surface area contributed by atoms with Gasteiger partial charge in [-0.1, -0.05) is 0 Å². The molecule has 0 aliphatic carbocycles. The van der Waals surface area contributed by atoms with Gasteiger partial charge in [0, 0.05) is 13.0 Å². The van der Waals surface area contributed by atoms with Crippen molar-refractivity contribution in [2.45, 2.75) is 45.2 Å². The summed E-state index contributed by atoms with van der Waals surface area (Å²) in [4.78, 5) is 2.40. The van der Waals surface area contributed by atoms with Gasteiger partial charge in [0.15, 0.2) is 0 Å². The quantitative estimate of drug-likeness (QED) is 0.648. The lowest BCUT2D eigenvalue weighted by Crippen LogP contribution is -2.48. The maximum Gasteiger partial charge on any atom is 0.00991 e. The molecule has 1 aliphatic rings. The van der Waals surface area contributed by atoms with Crippen LogP contribution in [-0.4, -0.2) is 36.6 Å².